The second-order valence-corrected chi connectivity index (χ2v) is 7.74. The van der Waals surface area contributed by atoms with Crippen molar-refractivity contribution in [3.63, 3.8) is 0 Å². The second kappa shape index (κ2) is 7.29. The standard InChI is InChI=1S/C20H26N4O3/c1-12(2)17-22-18(27-23-17)14-7-5-9-24(11-14)20(25)15-10-13-6-4-8-16(13)21-19(15)26-3/h10,12,14H,4-9,11H2,1-3H3/t14-/m1/s1. The van der Waals surface area contributed by atoms with Crippen molar-refractivity contribution in [3.8, 4) is 5.88 Å². The molecule has 0 aromatic carbocycles. The van der Waals surface area contributed by atoms with Gasteiger partial charge in [-0.25, -0.2) is 4.98 Å². The molecule has 1 fully saturated rings. The highest BCUT2D eigenvalue weighted by molar-refractivity contribution is 5.96. The number of carbonyl (C=O) groups excluding carboxylic acids is 1. The van der Waals surface area contributed by atoms with Crippen LogP contribution in [0.5, 0.6) is 5.88 Å². The first-order valence-electron chi connectivity index (χ1n) is 9.76. The molecule has 2 aliphatic rings. The van der Waals surface area contributed by atoms with Crippen molar-refractivity contribution in [1.29, 1.82) is 0 Å². The molecule has 0 spiro atoms. The molecule has 1 aliphatic heterocycles. The number of likely N-dealkylation sites (tertiary alicyclic amines) is 1. The molecular weight excluding hydrogens is 344 g/mol. The van der Waals surface area contributed by atoms with E-state index in [1.54, 1.807) is 7.11 Å². The summed E-state index contributed by atoms with van der Waals surface area (Å²) in [5.74, 6) is 2.07. The van der Waals surface area contributed by atoms with Gasteiger partial charge in [-0.05, 0) is 43.7 Å². The van der Waals surface area contributed by atoms with Crippen molar-refractivity contribution < 1.29 is 14.1 Å². The number of aryl methyl sites for hydroxylation is 2. The van der Waals surface area contributed by atoms with Gasteiger partial charge in [-0.2, -0.15) is 4.98 Å². The van der Waals surface area contributed by atoms with E-state index in [2.05, 4.69) is 15.1 Å². The normalized spacial score (nSPS) is 19.4. The molecule has 0 bridgehead atoms. The lowest BCUT2D eigenvalue weighted by Crippen LogP contribution is -2.39. The zero-order chi connectivity index (χ0) is 19.0. The Bertz CT molecular complexity index is 846. The van der Waals surface area contributed by atoms with Crippen molar-refractivity contribution >= 4 is 5.91 Å². The molecule has 2 aromatic rings. The second-order valence-electron chi connectivity index (χ2n) is 7.74. The maximum atomic E-state index is 13.2. The highest BCUT2D eigenvalue weighted by atomic mass is 16.5. The quantitative estimate of drug-likeness (QED) is 0.822. The Hall–Kier alpha value is -2.44. The summed E-state index contributed by atoms with van der Waals surface area (Å²) in [6.45, 7) is 5.39. The molecule has 7 heteroatoms. The van der Waals surface area contributed by atoms with Gasteiger partial charge >= 0.3 is 0 Å². The molecule has 0 radical (unpaired) electrons. The summed E-state index contributed by atoms with van der Waals surface area (Å²) < 4.78 is 10.9. The highest BCUT2D eigenvalue weighted by Gasteiger charge is 2.31. The molecule has 2 aromatic heterocycles. The van der Waals surface area contributed by atoms with Gasteiger partial charge in [0.15, 0.2) is 5.82 Å². The average Bonchev–Trinajstić information content (AvgIpc) is 3.35. The van der Waals surface area contributed by atoms with E-state index in [1.807, 2.05) is 24.8 Å². The van der Waals surface area contributed by atoms with Gasteiger partial charge in [0, 0.05) is 24.7 Å². The first kappa shape index (κ1) is 17.9. The molecule has 3 heterocycles. The fraction of sp³-hybridized carbons (Fsp3) is 0.600. The summed E-state index contributed by atoms with van der Waals surface area (Å²) in [5.41, 5.74) is 2.80. The number of pyridine rings is 1. The number of nitrogens with zero attached hydrogens (tertiary/aromatic N) is 4. The Morgan fingerprint density at radius 3 is 2.89 bits per heavy atom. The van der Waals surface area contributed by atoms with Crippen LogP contribution in [0, 0.1) is 0 Å². The Balaban J connectivity index is 1.55. The maximum absolute atomic E-state index is 13.2. The van der Waals surface area contributed by atoms with Gasteiger partial charge in [-0.15, -0.1) is 0 Å². The molecule has 1 atom stereocenters. The monoisotopic (exact) mass is 370 g/mol. The highest BCUT2D eigenvalue weighted by Crippen LogP contribution is 2.31. The number of methoxy groups -OCH3 is 1. The lowest BCUT2D eigenvalue weighted by atomic mass is 9.97. The van der Waals surface area contributed by atoms with Gasteiger partial charge in [-0.3, -0.25) is 4.79 Å². The van der Waals surface area contributed by atoms with Crippen molar-refractivity contribution in [2.75, 3.05) is 20.2 Å². The van der Waals surface area contributed by atoms with E-state index in [0.717, 1.165) is 50.2 Å². The van der Waals surface area contributed by atoms with E-state index in [-0.39, 0.29) is 17.7 Å². The van der Waals surface area contributed by atoms with Crippen molar-refractivity contribution in [3.05, 3.63) is 34.6 Å². The average molecular weight is 370 g/mol. The Morgan fingerprint density at radius 1 is 1.30 bits per heavy atom. The van der Waals surface area contributed by atoms with Crippen LogP contribution in [0.2, 0.25) is 0 Å². The number of rotatable bonds is 4. The first-order chi connectivity index (χ1) is 13.1. The summed E-state index contributed by atoms with van der Waals surface area (Å²) in [4.78, 5) is 24.2. The van der Waals surface area contributed by atoms with E-state index < -0.39 is 0 Å². The lowest BCUT2D eigenvalue weighted by molar-refractivity contribution is 0.0691. The van der Waals surface area contributed by atoms with E-state index >= 15 is 0 Å². The maximum Gasteiger partial charge on any atom is 0.259 e. The van der Waals surface area contributed by atoms with Crippen LogP contribution < -0.4 is 4.74 Å². The van der Waals surface area contributed by atoms with Crippen molar-refractivity contribution in [2.24, 2.45) is 0 Å². The van der Waals surface area contributed by atoms with E-state index in [0.29, 0.717) is 23.9 Å². The molecule has 144 valence electrons. The third-order valence-electron chi connectivity index (χ3n) is 5.47. The molecule has 4 rings (SSSR count). The minimum absolute atomic E-state index is 0.0256. The molecule has 1 saturated heterocycles. The van der Waals surface area contributed by atoms with E-state index in [4.69, 9.17) is 9.26 Å². The van der Waals surface area contributed by atoms with Gasteiger partial charge < -0.3 is 14.2 Å². The number of hydrogen-bond acceptors (Lipinski definition) is 6. The smallest absolute Gasteiger partial charge is 0.259 e. The number of hydrogen-bond donors (Lipinski definition) is 0. The Labute approximate surface area is 159 Å². The molecule has 27 heavy (non-hydrogen) atoms. The van der Waals surface area contributed by atoms with E-state index in [9.17, 15) is 4.79 Å². The third-order valence-corrected chi connectivity index (χ3v) is 5.47. The fourth-order valence-electron chi connectivity index (χ4n) is 3.94. The molecule has 0 N–H and O–H groups in total. The Morgan fingerprint density at radius 2 is 2.15 bits per heavy atom. The van der Waals surface area contributed by atoms with Gasteiger partial charge in [0.1, 0.15) is 5.56 Å². The summed E-state index contributed by atoms with van der Waals surface area (Å²) in [5, 5.41) is 4.07. The SMILES string of the molecule is COc1nc2c(cc1C(=O)N1CCC[C@@H](c3nc(C(C)C)no3)C1)CCC2. The Kier molecular flexibility index (Phi) is 4.85. The molecule has 0 saturated carbocycles. The van der Waals surface area contributed by atoms with Crippen LogP contribution >= 0.6 is 0 Å². The number of ether oxygens (including phenoxy) is 1. The van der Waals surface area contributed by atoms with Crippen LogP contribution in [0.25, 0.3) is 0 Å². The fourth-order valence-corrected chi connectivity index (χ4v) is 3.94. The predicted octanol–water partition coefficient (Wildman–Crippen LogP) is 3.11. The number of fused-ring (bicyclic) bond motifs is 1. The number of carbonyl (C=O) groups is 1. The molecule has 1 amide bonds. The summed E-state index contributed by atoms with van der Waals surface area (Å²) >= 11 is 0. The predicted molar refractivity (Wildman–Crippen MR) is 99.1 cm³/mol. The third kappa shape index (κ3) is 3.42. The largest absolute Gasteiger partial charge is 0.480 e. The van der Waals surface area contributed by atoms with Crippen LogP contribution in [0.3, 0.4) is 0 Å². The summed E-state index contributed by atoms with van der Waals surface area (Å²) in [6.07, 6.45) is 4.89. The van der Waals surface area contributed by atoms with Gasteiger partial charge in [0.25, 0.3) is 5.91 Å². The molecule has 7 nitrogen and oxygen atoms in total. The number of amides is 1. The van der Waals surface area contributed by atoms with Crippen LogP contribution in [-0.4, -0.2) is 46.1 Å². The number of aromatic nitrogens is 3. The van der Waals surface area contributed by atoms with Gasteiger partial charge in [0.2, 0.25) is 11.8 Å². The molecule has 1 aliphatic carbocycles. The molecule has 0 unspecified atom stereocenters. The summed E-state index contributed by atoms with van der Waals surface area (Å²) in [6, 6.07) is 1.98. The zero-order valence-corrected chi connectivity index (χ0v) is 16.2. The van der Waals surface area contributed by atoms with Gasteiger partial charge in [0.05, 0.1) is 13.0 Å². The van der Waals surface area contributed by atoms with Crippen LogP contribution in [0.15, 0.2) is 10.6 Å². The van der Waals surface area contributed by atoms with Crippen molar-refractivity contribution in [2.45, 2.75) is 57.8 Å². The van der Waals surface area contributed by atoms with E-state index in [1.165, 1.54) is 5.56 Å². The topological polar surface area (TPSA) is 81.4 Å². The van der Waals surface area contributed by atoms with Crippen LogP contribution in [0.1, 0.15) is 78.3 Å². The van der Waals surface area contributed by atoms with Gasteiger partial charge in [-0.1, -0.05) is 19.0 Å². The zero-order valence-electron chi connectivity index (χ0n) is 16.2. The lowest BCUT2D eigenvalue weighted by Gasteiger charge is -2.31. The van der Waals surface area contributed by atoms with Crippen LogP contribution in [0.4, 0.5) is 0 Å². The molecular formula is C20H26N4O3. The summed E-state index contributed by atoms with van der Waals surface area (Å²) in [7, 11) is 1.57. The minimum atomic E-state index is -0.0256. The number of piperidine rings is 1. The first-order valence-corrected chi connectivity index (χ1v) is 9.76. The van der Waals surface area contributed by atoms with Crippen molar-refractivity contribution in [1.82, 2.24) is 20.0 Å². The minimum Gasteiger partial charge on any atom is -0.480 e. The van der Waals surface area contributed by atoms with Crippen LogP contribution in [-0.2, 0) is 12.8 Å².